The van der Waals surface area contributed by atoms with Gasteiger partial charge in [-0.15, -0.1) is 0 Å². The number of alkyl halides is 1. The van der Waals surface area contributed by atoms with Crippen molar-refractivity contribution in [1.29, 1.82) is 0 Å². The third kappa shape index (κ3) is 7.80. The van der Waals surface area contributed by atoms with Crippen molar-refractivity contribution in [2.45, 2.75) is 27.0 Å². The normalized spacial score (nSPS) is 13.0. The Morgan fingerprint density at radius 1 is 1.28 bits per heavy atom. The van der Waals surface area contributed by atoms with Crippen LogP contribution in [0.25, 0.3) is 0 Å². The van der Waals surface area contributed by atoms with Gasteiger partial charge < -0.3 is 14.5 Å². The predicted octanol–water partition coefficient (Wildman–Crippen LogP) is 2.57. The fraction of sp³-hybridized carbons (Fsp3) is 0.476. The molecule has 2 aromatic rings. The molecule has 1 saturated heterocycles. The van der Waals surface area contributed by atoms with Crippen molar-refractivity contribution in [3.8, 4) is 0 Å². The Bertz CT molecular complexity index is 939. The SMILES string of the molecule is CCF.CN=O.COCc1c(N2CCN(Cc3ccc(F)cc3C)C(=O)C2)cn[nH]c1=O. The summed E-state index contributed by atoms with van der Waals surface area (Å²) in [4.78, 5) is 36.7. The molecule has 3 rings (SSSR count). The zero-order valence-electron chi connectivity index (χ0n) is 18.7. The van der Waals surface area contributed by atoms with Crippen molar-refractivity contribution in [1.82, 2.24) is 15.1 Å². The number of amides is 1. The van der Waals surface area contributed by atoms with E-state index in [0.717, 1.165) is 11.1 Å². The van der Waals surface area contributed by atoms with E-state index in [1.807, 2.05) is 11.8 Å². The lowest BCUT2D eigenvalue weighted by atomic mass is 10.1. The lowest BCUT2D eigenvalue weighted by molar-refractivity contribution is -0.131. The number of piperazine rings is 1. The lowest BCUT2D eigenvalue weighted by Crippen LogP contribution is -2.50. The number of benzene rings is 1. The molecule has 1 fully saturated rings. The Labute approximate surface area is 185 Å². The Morgan fingerprint density at radius 2 is 1.94 bits per heavy atom. The summed E-state index contributed by atoms with van der Waals surface area (Å²) in [6, 6.07) is 4.58. The molecule has 0 atom stereocenters. The van der Waals surface area contributed by atoms with Crippen molar-refractivity contribution in [3.63, 3.8) is 0 Å². The number of carbonyl (C=O) groups is 1. The lowest BCUT2D eigenvalue weighted by Gasteiger charge is -2.36. The fourth-order valence-corrected chi connectivity index (χ4v) is 3.09. The van der Waals surface area contributed by atoms with Crippen molar-refractivity contribution >= 4 is 11.6 Å². The molecule has 0 radical (unpaired) electrons. The van der Waals surface area contributed by atoms with Gasteiger partial charge in [-0.3, -0.25) is 14.0 Å². The van der Waals surface area contributed by atoms with E-state index in [-0.39, 0.29) is 37.1 Å². The molecule has 11 heteroatoms. The van der Waals surface area contributed by atoms with Crippen molar-refractivity contribution in [2.24, 2.45) is 5.18 Å². The topological polar surface area (TPSA) is 108 Å². The molecule has 0 saturated carbocycles. The summed E-state index contributed by atoms with van der Waals surface area (Å²) in [5, 5.41) is 8.48. The van der Waals surface area contributed by atoms with Crippen LogP contribution in [0.1, 0.15) is 23.6 Å². The molecule has 1 N–H and O–H groups in total. The van der Waals surface area contributed by atoms with Gasteiger partial charge in [0.25, 0.3) is 5.56 Å². The summed E-state index contributed by atoms with van der Waals surface area (Å²) in [5.41, 5.74) is 2.49. The minimum Gasteiger partial charge on any atom is -0.380 e. The largest absolute Gasteiger partial charge is 0.380 e. The molecule has 176 valence electrons. The van der Waals surface area contributed by atoms with Gasteiger partial charge in [0.05, 0.1) is 44.3 Å². The molecule has 1 aliphatic heterocycles. The number of carbonyl (C=O) groups excluding carboxylic acids is 1. The third-order valence-electron chi connectivity index (χ3n) is 4.55. The zero-order valence-corrected chi connectivity index (χ0v) is 18.7. The maximum absolute atomic E-state index is 13.2. The molecule has 32 heavy (non-hydrogen) atoms. The summed E-state index contributed by atoms with van der Waals surface area (Å²) in [5.74, 6) is -0.335. The van der Waals surface area contributed by atoms with Crippen LogP contribution in [0.5, 0.6) is 0 Å². The standard InChI is InChI=1S/C18H21FN4O3.C2H5F.CH3NO/c1-12-7-14(19)4-3-13(12)9-23-6-5-22(10-17(23)24)16-8-20-21-18(25)15(16)11-26-2;2*1-2-3/h3-4,7-8H,5-6,9-11H2,1-2H3,(H,21,25);2H2,1H3;1H3. The molecule has 1 aromatic heterocycles. The molecular formula is C21H29F2N5O4. The van der Waals surface area contributed by atoms with Gasteiger partial charge in [0, 0.05) is 26.7 Å². The maximum atomic E-state index is 13.2. The summed E-state index contributed by atoms with van der Waals surface area (Å²) < 4.78 is 28.6. The van der Waals surface area contributed by atoms with Crippen LogP contribution in [0.4, 0.5) is 14.5 Å². The number of anilines is 1. The first-order chi connectivity index (χ1) is 15.3. The van der Waals surface area contributed by atoms with Gasteiger partial charge in [0.1, 0.15) is 5.82 Å². The Morgan fingerprint density at radius 3 is 2.50 bits per heavy atom. The van der Waals surface area contributed by atoms with Crippen LogP contribution in [-0.2, 0) is 22.7 Å². The van der Waals surface area contributed by atoms with Crippen LogP contribution in [0.2, 0.25) is 0 Å². The van der Waals surface area contributed by atoms with Crippen LogP contribution in [0.3, 0.4) is 0 Å². The van der Waals surface area contributed by atoms with Crippen LogP contribution in [0, 0.1) is 17.6 Å². The molecular weight excluding hydrogens is 424 g/mol. The van der Waals surface area contributed by atoms with E-state index in [0.29, 0.717) is 30.9 Å². The van der Waals surface area contributed by atoms with Gasteiger partial charge in [0.15, 0.2) is 0 Å². The van der Waals surface area contributed by atoms with E-state index >= 15 is 0 Å². The van der Waals surface area contributed by atoms with E-state index in [2.05, 4.69) is 15.4 Å². The monoisotopic (exact) mass is 453 g/mol. The van der Waals surface area contributed by atoms with Crippen molar-refractivity contribution < 1.29 is 18.3 Å². The number of aromatic amines is 1. The minimum atomic E-state index is -0.318. The first-order valence-electron chi connectivity index (χ1n) is 9.93. The molecule has 1 aromatic carbocycles. The number of H-pyrrole nitrogens is 1. The number of hydrogen-bond acceptors (Lipinski definition) is 7. The number of halogens is 2. The van der Waals surface area contributed by atoms with E-state index in [9.17, 15) is 18.4 Å². The predicted molar refractivity (Wildman–Crippen MR) is 118 cm³/mol. The molecule has 2 heterocycles. The van der Waals surface area contributed by atoms with E-state index in [1.165, 1.54) is 33.2 Å². The molecule has 9 nitrogen and oxygen atoms in total. The van der Waals surface area contributed by atoms with Crippen LogP contribution < -0.4 is 10.5 Å². The number of rotatable bonds is 5. The summed E-state index contributed by atoms with van der Waals surface area (Å²) in [6.07, 6.45) is 1.54. The van der Waals surface area contributed by atoms with Crippen molar-refractivity contribution in [3.05, 3.63) is 62.2 Å². The van der Waals surface area contributed by atoms with E-state index in [4.69, 9.17) is 9.64 Å². The summed E-state index contributed by atoms with van der Waals surface area (Å²) in [6.45, 7) is 4.87. The number of nitrogens with zero attached hydrogens (tertiary/aromatic N) is 4. The molecule has 0 unspecified atom stereocenters. The van der Waals surface area contributed by atoms with Crippen LogP contribution >= 0.6 is 0 Å². The Kier molecular flexibility index (Phi) is 11.7. The second-order valence-corrected chi connectivity index (χ2v) is 6.75. The molecule has 1 amide bonds. The number of hydrogen-bond donors (Lipinski definition) is 1. The fourth-order valence-electron chi connectivity index (χ4n) is 3.09. The molecule has 0 bridgehead atoms. The number of ether oxygens (including phenoxy) is 1. The van der Waals surface area contributed by atoms with Gasteiger partial charge in [-0.1, -0.05) is 11.2 Å². The van der Waals surface area contributed by atoms with Gasteiger partial charge in [-0.05, 0) is 37.1 Å². The minimum absolute atomic E-state index is 0.0522. The number of aromatic nitrogens is 2. The number of methoxy groups -OCH3 is 1. The van der Waals surface area contributed by atoms with Gasteiger partial charge in [-0.2, -0.15) is 10.0 Å². The number of nitrogens with one attached hydrogen (secondary N) is 1. The van der Waals surface area contributed by atoms with Gasteiger partial charge in [-0.25, -0.2) is 9.49 Å². The molecule has 0 spiro atoms. The molecule has 1 aliphatic rings. The third-order valence-corrected chi connectivity index (χ3v) is 4.55. The maximum Gasteiger partial charge on any atom is 0.271 e. The Balaban J connectivity index is 0.000000769. The van der Waals surface area contributed by atoms with E-state index in [1.54, 1.807) is 17.2 Å². The highest BCUT2D eigenvalue weighted by Crippen LogP contribution is 2.21. The zero-order chi connectivity index (χ0) is 24.1. The average molecular weight is 453 g/mol. The summed E-state index contributed by atoms with van der Waals surface area (Å²) in [7, 11) is 2.71. The van der Waals surface area contributed by atoms with Crippen LogP contribution in [0.15, 0.2) is 34.4 Å². The number of aryl methyl sites for hydroxylation is 1. The quantitative estimate of drug-likeness (QED) is 0.697. The van der Waals surface area contributed by atoms with Gasteiger partial charge in [0.2, 0.25) is 5.91 Å². The van der Waals surface area contributed by atoms with Crippen LogP contribution in [-0.4, -0.2) is 61.5 Å². The first-order valence-corrected chi connectivity index (χ1v) is 9.93. The molecule has 0 aliphatic carbocycles. The number of nitroso groups, excluding NO2 is 1. The van der Waals surface area contributed by atoms with Crippen molar-refractivity contribution in [2.75, 3.05) is 45.4 Å². The second kappa shape index (κ2) is 14.0. The smallest absolute Gasteiger partial charge is 0.271 e. The second-order valence-electron chi connectivity index (χ2n) is 6.75. The highest BCUT2D eigenvalue weighted by Gasteiger charge is 2.26. The first kappa shape index (κ1) is 26.8. The Hall–Kier alpha value is -3.21. The van der Waals surface area contributed by atoms with Gasteiger partial charge >= 0.3 is 0 Å². The highest BCUT2D eigenvalue weighted by atomic mass is 19.1. The summed E-state index contributed by atoms with van der Waals surface area (Å²) >= 11 is 0. The van der Waals surface area contributed by atoms with E-state index < -0.39 is 0 Å². The average Bonchev–Trinajstić information content (AvgIpc) is 2.74. The highest BCUT2D eigenvalue weighted by molar-refractivity contribution is 5.83.